The molecule has 4 aromatic rings. The summed E-state index contributed by atoms with van der Waals surface area (Å²) in [4.78, 5) is 34.4. The highest BCUT2D eigenvalue weighted by molar-refractivity contribution is 6.04. The van der Waals surface area contributed by atoms with Gasteiger partial charge in [-0.2, -0.15) is 9.97 Å². The second-order valence-electron chi connectivity index (χ2n) is 17.1. The lowest BCUT2D eigenvalue weighted by molar-refractivity contribution is -0.000594. The zero-order chi connectivity index (χ0) is 40.7. The van der Waals surface area contributed by atoms with Crippen molar-refractivity contribution < 1.29 is 41.7 Å². The van der Waals surface area contributed by atoms with Gasteiger partial charge in [0.15, 0.2) is 12.6 Å². The van der Waals surface area contributed by atoms with Gasteiger partial charge in [-0.05, 0) is 83.0 Å². The van der Waals surface area contributed by atoms with Crippen molar-refractivity contribution in [1.29, 1.82) is 0 Å². The molecule has 0 saturated carbocycles. The number of benzene rings is 2. The zero-order valence-electron chi connectivity index (χ0n) is 33.3. The van der Waals surface area contributed by atoms with Gasteiger partial charge in [-0.15, -0.1) is 6.42 Å². The third-order valence-electron chi connectivity index (χ3n) is 12.4. The van der Waals surface area contributed by atoms with Crippen LogP contribution in [0.5, 0.6) is 17.6 Å². The molecule has 15 heteroatoms. The molecule has 9 rings (SSSR count). The minimum absolute atomic E-state index is 0.0699. The highest BCUT2D eigenvalue weighted by Gasteiger charge is 2.55. The van der Waals surface area contributed by atoms with Crippen LogP contribution in [0.2, 0.25) is 0 Å². The second kappa shape index (κ2) is 14.3. The molecule has 12 nitrogen and oxygen atoms in total. The lowest BCUT2D eigenvalue weighted by Crippen LogP contribution is -2.65. The van der Waals surface area contributed by atoms with Crippen molar-refractivity contribution in [3.05, 3.63) is 41.5 Å². The van der Waals surface area contributed by atoms with Gasteiger partial charge in [0.25, 0.3) is 0 Å². The van der Waals surface area contributed by atoms with Gasteiger partial charge in [-0.1, -0.05) is 18.9 Å². The van der Waals surface area contributed by atoms with Gasteiger partial charge in [-0.3, -0.25) is 9.80 Å². The summed E-state index contributed by atoms with van der Waals surface area (Å²) in [5, 5.41) is 0.981. The van der Waals surface area contributed by atoms with E-state index >= 15 is 8.78 Å². The van der Waals surface area contributed by atoms with Crippen LogP contribution in [-0.4, -0.2) is 113 Å². The number of carbonyl (C=O) groups is 1. The van der Waals surface area contributed by atoms with E-state index in [0.717, 1.165) is 25.8 Å². The Morgan fingerprint density at radius 2 is 1.93 bits per heavy atom. The Hall–Kier alpha value is -5.07. The average molecular weight is 801 g/mol. The van der Waals surface area contributed by atoms with E-state index in [1.807, 2.05) is 32.6 Å². The first-order chi connectivity index (χ1) is 27.8. The predicted octanol–water partition coefficient (Wildman–Crippen LogP) is 7.17. The molecule has 6 atom stereocenters. The van der Waals surface area contributed by atoms with E-state index < -0.39 is 47.2 Å². The Morgan fingerprint density at radius 1 is 1.10 bits per heavy atom. The smallest absolute Gasteiger partial charge is 0.410 e. The van der Waals surface area contributed by atoms with Crippen molar-refractivity contribution in [3.8, 4) is 41.2 Å². The van der Waals surface area contributed by atoms with Gasteiger partial charge in [0.05, 0.1) is 29.2 Å². The summed E-state index contributed by atoms with van der Waals surface area (Å²) in [6.07, 6.45) is 7.88. The number of fused-ring (bicyclic) bond motifs is 7. The van der Waals surface area contributed by atoms with Crippen LogP contribution in [0.4, 0.5) is 23.8 Å². The fraction of sp³-hybridized carbons (Fsp3) is 0.535. The fourth-order valence-electron chi connectivity index (χ4n) is 10.0. The molecule has 7 heterocycles. The quantitative estimate of drug-likeness (QED) is 0.134. The minimum Gasteiger partial charge on any atom is -0.471 e. The van der Waals surface area contributed by atoms with Crippen LogP contribution in [0.15, 0.2) is 24.3 Å². The number of anilines is 1. The zero-order valence-corrected chi connectivity index (χ0v) is 33.3. The molecule has 0 unspecified atom stereocenters. The number of amides is 1. The van der Waals surface area contributed by atoms with Crippen LogP contribution in [-0.2, 0) is 9.47 Å². The van der Waals surface area contributed by atoms with Gasteiger partial charge >= 0.3 is 12.1 Å². The Labute approximate surface area is 334 Å². The lowest BCUT2D eigenvalue weighted by atomic mass is 9.95. The summed E-state index contributed by atoms with van der Waals surface area (Å²) in [7, 11) is 1.48. The van der Waals surface area contributed by atoms with Crippen LogP contribution in [0.25, 0.3) is 32.9 Å². The molecule has 2 aromatic carbocycles. The lowest BCUT2D eigenvalue weighted by Gasteiger charge is -2.48. The summed E-state index contributed by atoms with van der Waals surface area (Å²) in [5.41, 5.74) is -1.46. The number of rotatable bonds is 8. The monoisotopic (exact) mass is 800 g/mol. The Bertz CT molecular complexity index is 2350. The number of methoxy groups -OCH3 is 1. The molecule has 0 N–H and O–H groups in total. The fourth-order valence-corrected chi connectivity index (χ4v) is 10.0. The van der Waals surface area contributed by atoms with Gasteiger partial charge < -0.3 is 28.6 Å². The average Bonchev–Trinajstić information content (AvgIpc) is 3.80. The number of pyridine rings is 1. The van der Waals surface area contributed by atoms with E-state index in [2.05, 4.69) is 15.7 Å². The van der Waals surface area contributed by atoms with Crippen molar-refractivity contribution in [2.24, 2.45) is 0 Å². The normalized spacial score (nSPS) is 26.3. The summed E-state index contributed by atoms with van der Waals surface area (Å²) < 4.78 is 78.1. The first-order valence-electron chi connectivity index (χ1n) is 20.1. The van der Waals surface area contributed by atoms with Crippen LogP contribution in [0.3, 0.4) is 0 Å². The Morgan fingerprint density at radius 3 is 2.69 bits per heavy atom. The van der Waals surface area contributed by atoms with Crippen molar-refractivity contribution in [2.45, 2.75) is 108 Å². The highest BCUT2D eigenvalue weighted by Crippen LogP contribution is 2.48. The maximum atomic E-state index is 17.7. The summed E-state index contributed by atoms with van der Waals surface area (Å²) in [6.45, 7) is 8.99. The summed E-state index contributed by atoms with van der Waals surface area (Å²) in [6, 6.07) is 4.96. The predicted molar refractivity (Wildman–Crippen MR) is 210 cm³/mol. The molecule has 5 aliphatic rings. The second-order valence-corrected chi connectivity index (χ2v) is 17.1. The van der Waals surface area contributed by atoms with E-state index in [4.69, 9.17) is 45.1 Å². The maximum absolute atomic E-state index is 17.7. The molecule has 4 fully saturated rings. The molecule has 2 bridgehead atoms. The number of aromatic nitrogens is 3. The number of nitrogens with zero attached hydrogens (tertiary/aromatic N) is 6. The third kappa shape index (κ3) is 6.30. The van der Waals surface area contributed by atoms with Gasteiger partial charge in [0, 0.05) is 37.6 Å². The first kappa shape index (κ1) is 38.4. The van der Waals surface area contributed by atoms with Crippen molar-refractivity contribution in [2.75, 3.05) is 45.0 Å². The summed E-state index contributed by atoms with van der Waals surface area (Å²) in [5.74, 6) is 1.70. The molecule has 0 aliphatic carbocycles. The van der Waals surface area contributed by atoms with Crippen LogP contribution in [0, 0.1) is 24.0 Å². The van der Waals surface area contributed by atoms with Gasteiger partial charge in [-0.25, -0.2) is 22.9 Å². The molecule has 0 radical (unpaired) electrons. The number of piperazine rings is 1. The topological polar surface area (TPSA) is 112 Å². The number of carbonyl (C=O) groups excluding carboxylic acids is 1. The van der Waals surface area contributed by atoms with E-state index in [0.29, 0.717) is 49.3 Å². The Kier molecular flexibility index (Phi) is 9.50. The molecule has 58 heavy (non-hydrogen) atoms. The minimum atomic E-state index is -0.975. The number of halogens is 3. The standard InChI is InChI=1S/C43H47F3N6O6/c1-7-27-29(45)12-10-23-16-26(56-22-54-6)17-28(32(23)27)35-34(46)36-33-38(49-40(48-36)55-21-43-14-9-15-50(43)19-24(44)18-43)51-20-25-11-13-30(52(25)41(53)58-42(3,4)5)37(51)31(8-2)57-39(33)47-35/h1,10,12,16-17,24-25,30-31,37H,8-9,11,13-15,18-22H2,2-6H3/t24-,25-,30+,31+,37+,43+/m1/s1. The van der Waals surface area contributed by atoms with E-state index in [1.54, 1.807) is 18.2 Å². The van der Waals surface area contributed by atoms with Crippen LogP contribution < -0.4 is 19.1 Å². The molecule has 1 amide bonds. The molecule has 0 spiro atoms. The van der Waals surface area contributed by atoms with Crippen LogP contribution >= 0.6 is 0 Å². The maximum Gasteiger partial charge on any atom is 0.410 e. The van der Waals surface area contributed by atoms with Gasteiger partial charge in [0.1, 0.15) is 58.5 Å². The van der Waals surface area contributed by atoms with Gasteiger partial charge in [0.2, 0.25) is 5.88 Å². The number of ether oxygens (including phenoxy) is 5. The molecule has 5 aliphatic heterocycles. The molecule has 2 aromatic heterocycles. The molecule has 4 saturated heterocycles. The SMILES string of the molecule is C#Cc1c(F)ccc2cc(OCOC)cc(-c3nc4c5c(nc(OC[C@@]67CCCN6C[C@H](F)C7)nc5c3F)N3C[C@H]5CC[C@@H]([C@H]3[C@H](CC)O4)N5C(=O)OC(C)(C)C)c12. The molecular formula is C43H47F3N6O6. The number of terminal acetylenes is 1. The van der Waals surface area contributed by atoms with Crippen molar-refractivity contribution in [1.82, 2.24) is 24.8 Å². The van der Waals surface area contributed by atoms with E-state index in [9.17, 15) is 9.18 Å². The molecule has 306 valence electrons. The largest absolute Gasteiger partial charge is 0.471 e. The molecular weight excluding hydrogens is 754 g/mol. The number of hydrogen-bond donors (Lipinski definition) is 0. The van der Waals surface area contributed by atoms with E-state index in [1.165, 1.54) is 13.2 Å². The van der Waals surface area contributed by atoms with Crippen molar-refractivity contribution in [3.63, 3.8) is 0 Å². The number of alkyl halides is 1. The van der Waals surface area contributed by atoms with E-state index in [-0.39, 0.29) is 70.5 Å². The summed E-state index contributed by atoms with van der Waals surface area (Å²) >= 11 is 0. The Balaban J connectivity index is 1.24. The van der Waals surface area contributed by atoms with Crippen LogP contribution in [0.1, 0.15) is 71.8 Å². The van der Waals surface area contributed by atoms with Crippen molar-refractivity contribution >= 4 is 33.6 Å². The third-order valence-corrected chi connectivity index (χ3v) is 12.4. The first-order valence-corrected chi connectivity index (χ1v) is 20.1. The highest BCUT2D eigenvalue weighted by atomic mass is 19.1. The number of hydrogen-bond acceptors (Lipinski definition) is 11.